The zero-order valence-electron chi connectivity index (χ0n) is 25.7. The first-order valence-corrected chi connectivity index (χ1v) is 15.5. The summed E-state index contributed by atoms with van der Waals surface area (Å²) in [4.78, 5) is 7.66. The van der Waals surface area contributed by atoms with Gasteiger partial charge in [-0.25, -0.2) is 0 Å². The Morgan fingerprint density at radius 2 is 1.63 bits per heavy atom. The van der Waals surface area contributed by atoms with E-state index < -0.39 is 0 Å². The Kier molecular flexibility index (Phi) is 13.3. The highest BCUT2D eigenvalue weighted by atomic mass is 16.5. The van der Waals surface area contributed by atoms with Crippen molar-refractivity contribution in [1.29, 1.82) is 0 Å². The minimum absolute atomic E-state index is 0.590. The summed E-state index contributed by atoms with van der Waals surface area (Å²) in [7, 11) is 3.43. The van der Waals surface area contributed by atoms with Crippen molar-refractivity contribution in [2.45, 2.75) is 64.5 Å². The summed E-state index contributed by atoms with van der Waals surface area (Å²) in [5.41, 5.74) is 11.7. The number of anilines is 1. The Balaban J connectivity index is 1.12. The number of benzene rings is 2. The first-order chi connectivity index (χ1) is 21.2. The second-order valence-electron chi connectivity index (χ2n) is 10.9. The lowest BCUT2D eigenvalue weighted by Gasteiger charge is -2.36. The number of nitrogens with zero attached hydrogens (tertiary/aromatic N) is 8. The number of rotatable bonds is 19. The molecule has 0 aliphatic carbocycles. The molecule has 0 amide bonds. The summed E-state index contributed by atoms with van der Waals surface area (Å²) in [5.74, 6) is 2.47. The average Bonchev–Trinajstić information content (AvgIpc) is 3.50. The van der Waals surface area contributed by atoms with Crippen LogP contribution in [0.15, 0.2) is 53.8 Å². The van der Waals surface area contributed by atoms with Gasteiger partial charge in [-0.2, -0.15) is 0 Å². The molecule has 0 saturated carbocycles. The molecule has 1 aliphatic heterocycles. The molecular weight excluding hydrogens is 544 g/mol. The van der Waals surface area contributed by atoms with Gasteiger partial charge in [0.05, 0.1) is 32.2 Å². The van der Waals surface area contributed by atoms with Crippen LogP contribution in [0.1, 0.15) is 56.2 Å². The second kappa shape index (κ2) is 17.9. The summed E-state index contributed by atoms with van der Waals surface area (Å²) in [6.45, 7) is 6.88. The standard InChI is InChI=1S/C32H46N8O3/c1-41-30-14-8-7-13-29(30)39-21-19-38(20-22-39)25-27-15-16-31(32(24-27)42-2)43-23-11-12-28-26-40(37-35-28)18-10-6-4-3-5-9-17-34-36-33/h7-8,13-16,24,26H,3-6,9-12,17-23,25H2,1-2H3. The molecule has 0 atom stereocenters. The predicted octanol–water partition coefficient (Wildman–Crippen LogP) is 6.28. The maximum absolute atomic E-state index is 8.29. The lowest BCUT2D eigenvalue weighted by molar-refractivity contribution is 0.248. The van der Waals surface area contributed by atoms with Crippen LogP contribution in [0.3, 0.4) is 0 Å². The van der Waals surface area contributed by atoms with Crippen LogP contribution in [-0.2, 0) is 19.5 Å². The van der Waals surface area contributed by atoms with E-state index in [4.69, 9.17) is 19.7 Å². The molecule has 1 aliphatic rings. The summed E-state index contributed by atoms with van der Waals surface area (Å²) in [6.07, 6.45) is 10.5. The molecule has 1 saturated heterocycles. The minimum Gasteiger partial charge on any atom is -0.495 e. The number of methoxy groups -OCH3 is 2. The average molecular weight is 591 g/mol. The topological polar surface area (TPSA) is 114 Å². The Labute approximate surface area is 255 Å². The third-order valence-corrected chi connectivity index (χ3v) is 7.81. The molecule has 1 aromatic heterocycles. The number of hydrogen-bond donors (Lipinski definition) is 0. The van der Waals surface area contributed by atoms with Crippen molar-refractivity contribution in [3.8, 4) is 17.2 Å². The second-order valence-corrected chi connectivity index (χ2v) is 10.9. The molecule has 11 heteroatoms. The van der Waals surface area contributed by atoms with E-state index in [1.165, 1.54) is 24.8 Å². The lowest BCUT2D eigenvalue weighted by atomic mass is 10.1. The summed E-state index contributed by atoms with van der Waals surface area (Å²) in [5, 5.41) is 12.2. The first-order valence-electron chi connectivity index (χ1n) is 15.5. The van der Waals surface area contributed by atoms with Crippen molar-refractivity contribution in [2.75, 3.05) is 58.5 Å². The predicted molar refractivity (Wildman–Crippen MR) is 169 cm³/mol. The zero-order chi connectivity index (χ0) is 30.1. The molecular formula is C32H46N8O3. The zero-order valence-corrected chi connectivity index (χ0v) is 25.7. The number of para-hydroxylation sites is 2. The molecule has 43 heavy (non-hydrogen) atoms. The van der Waals surface area contributed by atoms with Crippen LogP contribution >= 0.6 is 0 Å². The lowest BCUT2D eigenvalue weighted by Crippen LogP contribution is -2.46. The van der Waals surface area contributed by atoms with Gasteiger partial charge >= 0.3 is 0 Å². The third-order valence-electron chi connectivity index (χ3n) is 7.81. The van der Waals surface area contributed by atoms with Crippen molar-refractivity contribution in [3.63, 3.8) is 0 Å². The van der Waals surface area contributed by atoms with Gasteiger partial charge in [0.1, 0.15) is 5.75 Å². The van der Waals surface area contributed by atoms with E-state index >= 15 is 0 Å². The van der Waals surface area contributed by atoms with Gasteiger partial charge in [-0.3, -0.25) is 9.58 Å². The van der Waals surface area contributed by atoms with Gasteiger partial charge in [0.25, 0.3) is 0 Å². The largest absolute Gasteiger partial charge is 0.495 e. The fraction of sp³-hybridized carbons (Fsp3) is 0.562. The Morgan fingerprint density at radius 1 is 0.860 bits per heavy atom. The van der Waals surface area contributed by atoms with Gasteiger partial charge in [0.2, 0.25) is 0 Å². The summed E-state index contributed by atoms with van der Waals surface area (Å²) >= 11 is 0. The van der Waals surface area contributed by atoms with Gasteiger partial charge in [-0.15, -0.1) is 5.10 Å². The number of aromatic nitrogens is 3. The molecule has 2 aromatic carbocycles. The van der Waals surface area contributed by atoms with Crippen molar-refractivity contribution < 1.29 is 14.2 Å². The quantitative estimate of drug-likeness (QED) is 0.0699. The summed E-state index contributed by atoms with van der Waals surface area (Å²) < 4.78 is 19.2. The van der Waals surface area contributed by atoms with Gasteiger partial charge in [-0.1, -0.05) is 54.2 Å². The summed E-state index contributed by atoms with van der Waals surface area (Å²) in [6, 6.07) is 14.5. The molecule has 3 aromatic rings. The van der Waals surface area contributed by atoms with Crippen LogP contribution in [0.4, 0.5) is 5.69 Å². The smallest absolute Gasteiger partial charge is 0.161 e. The van der Waals surface area contributed by atoms with Crippen LogP contribution in [0, 0.1) is 0 Å². The molecule has 0 unspecified atom stereocenters. The van der Waals surface area contributed by atoms with Crippen molar-refractivity contribution in [1.82, 2.24) is 19.9 Å². The van der Waals surface area contributed by atoms with Gasteiger partial charge in [-0.05, 0) is 61.0 Å². The molecule has 0 radical (unpaired) electrons. The van der Waals surface area contributed by atoms with Crippen LogP contribution in [0.5, 0.6) is 17.2 Å². The van der Waals surface area contributed by atoms with Gasteiger partial charge in [0.15, 0.2) is 11.5 Å². The number of ether oxygens (including phenoxy) is 3. The molecule has 11 nitrogen and oxygen atoms in total. The van der Waals surface area contributed by atoms with Crippen molar-refractivity contribution >= 4 is 5.69 Å². The van der Waals surface area contributed by atoms with Crippen molar-refractivity contribution in [2.24, 2.45) is 5.11 Å². The number of azide groups is 1. The van der Waals surface area contributed by atoms with Crippen LogP contribution < -0.4 is 19.1 Å². The van der Waals surface area contributed by atoms with E-state index in [9.17, 15) is 0 Å². The fourth-order valence-corrected chi connectivity index (χ4v) is 5.43. The highest BCUT2D eigenvalue weighted by molar-refractivity contribution is 5.58. The fourth-order valence-electron chi connectivity index (χ4n) is 5.43. The molecule has 232 valence electrons. The first kappa shape index (κ1) is 32.0. The van der Waals surface area contributed by atoms with Crippen LogP contribution in [-0.4, -0.2) is 73.4 Å². The SMILES string of the molecule is COc1cc(CN2CCN(c3ccccc3OC)CC2)ccc1OCCCc1cn(CCCCCCCCN=[N+]=[N-])nn1. The highest BCUT2D eigenvalue weighted by Crippen LogP contribution is 2.30. The van der Waals surface area contributed by atoms with E-state index in [0.29, 0.717) is 13.2 Å². The number of aryl methyl sites for hydroxylation is 2. The van der Waals surface area contributed by atoms with Crippen LogP contribution in [0.2, 0.25) is 0 Å². The number of piperazine rings is 1. The molecule has 0 bridgehead atoms. The highest BCUT2D eigenvalue weighted by Gasteiger charge is 2.20. The monoisotopic (exact) mass is 590 g/mol. The molecule has 1 fully saturated rings. The maximum Gasteiger partial charge on any atom is 0.161 e. The third kappa shape index (κ3) is 10.4. The van der Waals surface area contributed by atoms with Crippen LogP contribution in [0.25, 0.3) is 10.4 Å². The number of unbranched alkanes of at least 4 members (excludes halogenated alkanes) is 5. The van der Waals surface area contributed by atoms with E-state index in [1.54, 1.807) is 14.2 Å². The Morgan fingerprint density at radius 3 is 2.42 bits per heavy atom. The maximum atomic E-state index is 8.29. The number of hydrogen-bond acceptors (Lipinski definition) is 8. The van der Waals surface area contributed by atoms with E-state index in [1.807, 2.05) is 29.1 Å². The van der Waals surface area contributed by atoms with Gasteiger partial charge < -0.3 is 19.1 Å². The van der Waals surface area contributed by atoms with E-state index in [2.05, 4.69) is 54.4 Å². The Hall–Kier alpha value is -3.95. The normalized spacial score (nSPS) is 13.5. The molecule has 0 N–H and O–H groups in total. The molecule has 4 rings (SSSR count). The Bertz CT molecular complexity index is 1290. The van der Waals surface area contributed by atoms with E-state index in [-0.39, 0.29) is 0 Å². The minimum atomic E-state index is 0.590. The molecule has 0 spiro atoms. The van der Waals surface area contributed by atoms with Crippen molar-refractivity contribution in [3.05, 3.63) is 70.4 Å². The molecule has 2 heterocycles. The van der Waals surface area contributed by atoms with Gasteiger partial charge in [0, 0.05) is 56.9 Å². The van der Waals surface area contributed by atoms with E-state index in [0.717, 1.165) is 100 Å².